The highest BCUT2D eigenvalue weighted by Gasteiger charge is 2.61. The summed E-state index contributed by atoms with van der Waals surface area (Å²) < 4.78 is 29.4. The number of rotatable bonds is 7. The van der Waals surface area contributed by atoms with Gasteiger partial charge in [0.1, 0.15) is 30.3 Å². The zero-order chi connectivity index (χ0) is 28.4. The second-order valence-electron chi connectivity index (χ2n) is 10.5. The molecule has 2 fully saturated rings. The quantitative estimate of drug-likeness (QED) is 0.120. The summed E-state index contributed by atoms with van der Waals surface area (Å²) in [5.74, 6) is 0.337. The third-order valence-electron chi connectivity index (χ3n) is 7.94. The van der Waals surface area contributed by atoms with Gasteiger partial charge in [-0.1, -0.05) is 40.7 Å². The van der Waals surface area contributed by atoms with Gasteiger partial charge in [0.05, 0.1) is 25.4 Å². The average molecular weight is 610 g/mol. The molecule has 4 atom stereocenters. The predicted molar refractivity (Wildman–Crippen MR) is 155 cm³/mol. The van der Waals surface area contributed by atoms with Crippen LogP contribution < -0.4 is 9.47 Å². The Bertz CT molecular complexity index is 1380. The lowest BCUT2D eigenvalue weighted by atomic mass is 9.84. The molecule has 40 heavy (non-hydrogen) atoms. The van der Waals surface area contributed by atoms with Gasteiger partial charge in [0.2, 0.25) is 0 Å². The Hall–Kier alpha value is -3.36. The number of carbonyl (C=O) groups is 2. The van der Waals surface area contributed by atoms with E-state index in [1.54, 1.807) is 32.4 Å². The minimum Gasteiger partial charge on any atom is -0.497 e. The Kier molecular flexibility index (Phi) is 8.19. The fourth-order valence-electron chi connectivity index (χ4n) is 5.48. The first-order chi connectivity index (χ1) is 19.2. The molecule has 2 heterocycles. The molecule has 0 radical (unpaired) electrons. The minimum absolute atomic E-state index is 0.0966. The van der Waals surface area contributed by atoms with Crippen LogP contribution in [0, 0.1) is 5.92 Å². The van der Waals surface area contributed by atoms with Crippen molar-refractivity contribution in [3.8, 4) is 11.5 Å². The number of benzene rings is 2. The number of ether oxygens (including phenoxy) is 5. The summed E-state index contributed by atoms with van der Waals surface area (Å²) in [5, 5.41) is 0. The van der Waals surface area contributed by atoms with E-state index in [1.807, 2.05) is 30.3 Å². The first-order valence-corrected chi connectivity index (χ1v) is 14.1. The van der Waals surface area contributed by atoms with Gasteiger partial charge in [-0.25, -0.2) is 9.59 Å². The number of esters is 2. The molecule has 5 rings (SSSR count). The van der Waals surface area contributed by atoms with E-state index in [0.29, 0.717) is 46.6 Å². The summed E-state index contributed by atoms with van der Waals surface area (Å²) in [5.41, 5.74) is 2.96. The maximum Gasteiger partial charge on any atom is 0.339 e. The highest BCUT2D eigenvalue weighted by molar-refractivity contribution is 9.10. The van der Waals surface area contributed by atoms with Crippen molar-refractivity contribution >= 4 is 39.5 Å². The number of epoxide rings is 1. The van der Waals surface area contributed by atoms with Gasteiger partial charge >= 0.3 is 11.9 Å². The number of halogens is 1. The third-order valence-corrected chi connectivity index (χ3v) is 8.47. The van der Waals surface area contributed by atoms with Gasteiger partial charge in [-0.3, -0.25) is 0 Å². The highest BCUT2D eigenvalue weighted by atomic mass is 79.9. The van der Waals surface area contributed by atoms with Crippen LogP contribution in [0.2, 0.25) is 0 Å². The standard InChI is InChI=1S/C32H33BrO7/c1-19-25-13-7-20(6-5-15-32(2)29(40-32)28(25)39-30(19)34)18-38-31(35)26(21-8-10-23(33)11-9-21)17-22-16-24(36-3)12-14-27(22)37-4/h6,8-12,14,16-17,25,28-29H,1,5,7,13,15,18H2,2-4H3/b20-6+,26-17+/t25-,28-,29-,32+/m0/s1. The molecule has 2 saturated heterocycles. The molecular formula is C32H33BrO7. The van der Waals surface area contributed by atoms with Crippen molar-refractivity contribution in [3.05, 3.63) is 81.9 Å². The van der Waals surface area contributed by atoms with Crippen molar-refractivity contribution in [2.75, 3.05) is 20.8 Å². The molecule has 2 aromatic rings. The smallest absolute Gasteiger partial charge is 0.339 e. The van der Waals surface area contributed by atoms with Gasteiger partial charge in [0, 0.05) is 21.5 Å². The minimum atomic E-state index is -0.454. The van der Waals surface area contributed by atoms with Gasteiger partial charge in [0.15, 0.2) is 0 Å². The van der Waals surface area contributed by atoms with Crippen molar-refractivity contribution in [1.82, 2.24) is 0 Å². The van der Waals surface area contributed by atoms with Crippen LogP contribution in [0.25, 0.3) is 11.6 Å². The normalized spacial score (nSPS) is 27.4. The monoisotopic (exact) mass is 608 g/mol. The Morgan fingerprint density at radius 1 is 1.18 bits per heavy atom. The lowest BCUT2D eigenvalue weighted by molar-refractivity contribution is -0.140. The zero-order valence-corrected chi connectivity index (χ0v) is 24.5. The Balaban J connectivity index is 1.38. The second kappa shape index (κ2) is 11.6. The molecule has 0 amide bonds. The van der Waals surface area contributed by atoms with E-state index in [9.17, 15) is 9.59 Å². The van der Waals surface area contributed by atoms with Crippen LogP contribution in [0.5, 0.6) is 11.5 Å². The second-order valence-corrected chi connectivity index (χ2v) is 11.5. The molecule has 0 aromatic heterocycles. The average Bonchev–Trinajstić information content (AvgIpc) is 3.55. The molecule has 2 aliphatic heterocycles. The zero-order valence-electron chi connectivity index (χ0n) is 22.9. The van der Waals surface area contributed by atoms with Gasteiger partial charge in [0.25, 0.3) is 0 Å². The van der Waals surface area contributed by atoms with E-state index in [1.165, 1.54) is 0 Å². The van der Waals surface area contributed by atoms with Crippen molar-refractivity contribution in [2.45, 2.75) is 50.4 Å². The summed E-state index contributed by atoms with van der Waals surface area (Å²) in [4.78, 5) is 25.9. The van der Waals surface area contributed by atoms with E-state index < -0.39 is 5.97 Å². The molecule has 0 unspecified atom stereocenters. The number of carbonyl (C=O) groups excluding carboxylic acids is 2. The van der Waals surface area contributed by atoms with E-state index in [2.05, 4.69) is 35.5 Å². The summed E-state index contributed by atoms with van der Waals surface area (Å²) >= 11 is 3.46. The number of allylic oxidation sites excluding steroid dienone is 1. The van der Waals surface area contributed by atoms with Crippen molar-refractivity contribution < 1.29 is 33.3 Å². The summed E-state index contributed by atoms with van der Waals surface area (Å²) in [6.45, 7) is 6.18. The molecule has 7 nitrogen and oxygen atoms in total. The molecule has 210 valence electrons. The first kappa shape index (κ1) is 28.2. The molecule has 3 aliphatic rings. The van der Waals surface area contributed by atoms with Gasteiger partial charge in [-0.2, -0.15) is 0 Å². The van der Waals surface area contributed by atoms with Crippen LogP contribution in [0.4, 0.5) is 0 Å². The molecule has 0 bridgehead atoms. The lowest BCUT2D eigenvalue weighted by Gasteiger charge is -2.20. The van der Waals surface area contributed by atoms with Crippen LogP contribution in [-0.2, 0) is 23.8 Å². The van der Waals surface area contributed by atoms with Gasteiger partial charge in [-0.05, 0) is 80.2 Å². The molecule has 0 N–H and O–H groups in total. The molecular weight excluding hydrogens is 576 g/mol. The maximum atomic E-state index is 13.6. The lowest BCUT2D eigenvalue weighted by Crippen LogP contribution is -2.29. The molecule has 1 aliphatic carbocycles. The largest absolute Gasteiger partial charge is 0.497 e. The molecule has 8 heteroatoms. The van der Waals surface area contributed by atoms with Crippen LogP contribution in [0.1, 0.15) is 43.7 Å². The van der Waals surface area contributed by atoms with Crippen LogP contribution in [0.15, 0.2) is 70.7 Å². The number of methoxy groups -OCH3 is 2. The highest BCUT2D eigenvalue weighted by Crippen LogP contribution is 2.49. The molecule has 0 spiro atoms. The summed E-state index contributed by atoms with van der Waals surface area (Å²) in [6, 6.07) is 12.9. The third kappa shape index (κ3) is 5.88. The molecule has 2 aromatic carbocycles. The Morgan fingerprint density at radius 2 is 1.95 bits per heavy atom. The Labute approximate surface area is 242 Å². The number of hydrogen-bond acceptors (Lipinski definition) is 7. The fourth-order valence-corrected chi connectivity index (χ4v) is 5.75. The SMILES string of the molecule is C=C1C(=O)O[C@H]2[C@H]1CC/C(COC(=O)/C(=C/c1cc(OC)ccc1OC)c1ccc(Br)cc1)=C\CC[C@@]1(C)O[C@@H]21. The summed E-state index contributed by atoms with van der Waals surface area (Å²) in [6.07, 6.45) is 6.39. The molecule has 0 saturated carbocycles. The topological polar surface area (TPSA) is 83.6 Å². The van der Waals surface area contributed by atoms with E-state index in [4.69, 9.17) is 23.7 Å². The van der Waals surface area contributed by atoms with Gasteiger partial charge < -0.3 is 23.7 Å². The summed E-state index contributed by atoms with van der Waals surface area (Å²) in [7, 11) is 3.17. The van der Waals surface area contributed by atoms with Gasteiger partial charge in [-0.15, -0.1) is 0 Å². The van der Waals surface area contributed by atoms with E-state index >= 15 is 0 Å². The van der Waals surface area contributed by atoms with Crippen LogP contribution >= 0.6 is 15.9 Å². The van der Waals surface area contributed by atoms with Crippen molar-refractivity contribution in [3.63, 3.8) is 0 Å². The van der Waals surface area contributed by atoms with Crippen LogP contribution in [0.3, 0.4) is 0 Å². The number of fused-ring (bicyclic) bond motifs is 3. The number of hydrogen-bond donors (Lipinski definition) is 0. The Morgan fingerprint density at radius 3 is 2.67 bits per heavy atom. The fraction of sp³-hybridized carbons (Fsp3) is 0.375. The van der Waals surface area contributed by atoms with Crippen molar-refractivity contribution in [1.29, 1.82) is 0 Å². The van der Waals surface area contributed by atoms with E-state index in [0.717, 1.165) is 22.9 Å². The first-order valence-electron chi connectivity index (χ1n) is 13.3. The van der Waals surface area contributed by atoms with Crippen LogP contribution in [-0.4, -0.2) is 50.6 Å². The van der Waals surface area contributed by atoms with E-state index in [-0.39, 0.29) is 36.3 Å². The maximum absolute atomic E-state index is 13.6. The predicted octanol–water partition coefficient (Wildman–Crippen LogP) is 6.31. The van der Waals surface area contributed by atoms with Crippen molar-refractivity contribution in [2.24, 2.45) is 5.92 Å².